The van der Waals surface area contributed by atoms with E-state index >= 15 is 0 Å². The van der Waals surface area contributed by atoms with Gasteiger partial charge in [0.25, 0.3) is 11.9 Å². The first-order valence-corrected chi connectivity index (χ1v) is 12.0. The zero-order valence-electron chi connectivity index (χ0n) is 19.2. The van der Waals surface area contributed by atoms with Crippen molar-refractivity contribution < 1.29 is 19.2 Å². The SMILES string of the molecule is COc1cc([C@@H]2CN(C)[C@]3(C(=O)Nc4ccccc43)[C@H]2[N+](=O)[O-])ccc1OCc1ccc(Br)cc1. The van der Waals surface area contributed by atoms with Crippen LogP contribution in [0.1, 0.15) is 22.6 Å². The molecular weight excluding hydrogens is 514 g/mol. The van der Waals surface area contributed by atoms with Gasteiger partial charge in [-0.3, -0.25) is 19.8 Å². The number of fused-ring (bicyclic) bond motifs is 2. The van der Waals surface area contributed by atoms with Gasteiger partial charge in [-0.1, -0.05) is 52.3 Å². The van der Waals surface area contributed by atoms with Crippen molar-refractivity contribution in [2.75, 3.05) is 26.0 Å². The van der Waals surface area contributed by atoms with Crippen LogP contribution in [0.3, 0.4) is 0 Å². The molecular formula is C26H24BrN3O5. The summed E-state index contributed by atoms with van der Waals surface area (Å²) in [5.74, 6) is 0.136. The maximum atomic E-state index is 13.3. The van der Waals surface area contributed by atoms with Gasteiger partial charge < -0.3 is 14.8 Å². The number of nitrogens with zero attached hydrogens (tertiary/aromatic N) is 2. The molecule has 2 heterocycles. The molecule has 1 fully saturated rings. The Kier molecular flexibility index (Phi) is 5.98. The zero-order valence-corrected chi connectivity index (χ0v) is 20.8. The molecule has 0 unspecified atom stereocenters. The summed E-state index contributed by atoms with van der Waals surface area (Å²) < 4.78 is 12.5. The lowest BCUT2D eigenvalue weighted by Gasteiger charge is -2.30. The van der Waals surface area contributed by atoms with Gasteiger partial charge in [-0.25, -0.2) is 0 Å². The van der Waals surface area contributed by atoms with Gasteiger partial charge in [0.05, 0.1) is 13.0 Å². The number of benzene rings is 3. The Labute approximate surface area is 211 Å². The van der Waals surface area contributed by atoms with Crippen LogP contribution in [0.2, 0.25) is 0 Å². The number of amides is 1. The number of carbonyl (C=O) groups is 1. The number of anilines is 1. The Morgan fingerprint density at radius 1 is 1.14 bits per heavy atom. The summed E-state index contributed by atoms with van der Waals surface area (Å²) in [6.45, 7) is 0.697. The largest absolute Gasteiger partial charge is 0.493 e. The first kappa shape index (κ1) is 23.3. The number of halogens is 1. The van der Waals surface area contributed by atoms with Gasteiger partial charge in [0.1, 0.15) is 6.61 Å². The lowest BCUT2D eigenvalue weighted by molar-refractivity contribution is -0.534. The fourth-order valence-electron chi connectivity index (χ4n) is 5.36. The van der Waals surface area contributed by atoms with Gasteiger partial charge in [0.2, 0.25) is 0 Å². The highest BCUT2D eigenvalue weighted by Gasteiger charge is 2.68. The van der Waals surface area contributed by atoms with Crippen molar-refractivity contribution in [3.8, 4) is 11.5 Å². The molecule has 0 bridgehead atoms. The number of rotatable bonds is 6. The summed E-state index contributed by atoms with van der Waals surface area (Å²) in [4.78, 5) is 27.2. The Hall–Kier alpha value is -3.43. The van der Waals surface area contributed by atoms with Crippen molar-refractivity contribution >= 4 is 27.5 Å². The number of hydrogen-bond donors (Lipinski definition) is 1. The van der Waals surface area contributed by atoms with E-state index in [0.717, 1.165) is 15.6 Å². The van der Waals surface area contributed by atoms with Crippen molar-refractivity contribution in [2.24, 2.45) is 0 Å². The highest BCUT2D eigenvalue weighted by atomic mass is 79.9. The van der Waals surface area contributed by atoms with Crippen molar-refractivity contribution in [1.82, 2.24) is 4.90 Å². The quantitative estimate of drug-likeness (QED) is 0.366. The molecule has 5 rings (SSSR count). The summed E-state index contributed by atoms with van der Waals surface area (Å²) in [6.07, 6.45) is 0. The topological polar surface area (TPSA) is 93.9 Å². The van der Waals surface area contributed by atoms with Crippen LogP contribution in [0.5, 0.6) is 11.5 Å². The number of likely N-dealkylation sites (tertiary alicyclic amines) is 1. The van der Waals surface area contributed by atoms with Gasteiger partial charge in [0, 0.05) is 27.2 Å². The molecule has 0 aliphatic carbocycles. The maximum absolute atomic E-state index is 13.3. The van der Waals surface area contributed by atoms with E-state index in [2.05, 4.69) is 21.2 Å². The summed E-state index contributed by atoms with van der Waals surface area (Å²) in [7, 11) is 3.31. The Morgan fingerprint density at radius 2 is 1.89 bits per heavy atom. The smallest absolute Gasteiger partial charge is 0.256 e. The fourth-order valence-corrected chi connectivity index (χ4v) is 5.62. The highest BCUT2D eigenvalue weighted by Crippen LogP contribution is 2.52. The molecule has 3 aromatic carbocycles. The molecule has 180 valence electrons. The van der Waals surface area contributed by atoms with Crippen LogP contribution in [0, 0.1) is 10.1 Å². The second kappa shape index (κ2) is 8.98. The van der Waals surface area contributed by atoms with E-state index in [1.807, 2.05) is 36.4 Å². The molecule has 3 atom stereocenters. The number of para-hydroxylation sites is 1. The van der Waals surface area contributed by atoms with Crippen LogP contribution in [0.15, 0.2) is 71.2 Å². The molecule has 0 saturated carbocycles. The number of ether oxygens (including phenoxy) is 2. The van der Waals surface area contributed by atoms with E-state index < -0.39 is 17.5 Å². The van der Waals surface area contributed by atoms with Crippen molar-refractivity contribution in [2.45, 2.75) is 24.1 Å². The number of nitro groups is 1. The van der Waals surface area contributed by atoms with E-state index in [1.54, 1.807) is 49.4 Å². The van der Waals surface area contributed by atoms with E-state index in [0.29, 0.717) is 35.9 Å². The third-order valence-corrected chi connectivity index (χ3v) is 7.49. The third kappa shape index (κ3) is 3.75. The van der Waals surface area contributed by atoms with Crippen molar-refractivity contribution in [3.05, 3.63) is 98.0 Å². The Bertz CT molecular complexity index is 1300. The molecule has 1 N–H and O–H groups in total. The fraction of sp³-hybridized carbons (Fsp3) is 0.269. The molecule has 1 saturated heterocycles. The standard InChI is InChI=1S/C26H24BrN3O5/c1-29-14-19(24(30(32)33)26(29)20-5-3-4-6-21(20)28-25(26)31)17-9-12-22(23(13-17)34-2)35-15-16-7-10-18(27)11-8-16/h3-13,19,24H,14-15H2,1-2H3,(H,28,31)/t19-,24-,26-/m0/s1. The summed E-state index contributed by atoms with van der Waals surface area (Å²) in [5, 5.41) is 15.3. The average molecular weight is 538 g/mol. The Balaban J connectivity index is 1.48. The van der Waals surface area contributed by atoms with Crippen molar-refractivity contribution in [3.63, 3.8) is 0 Å². The van der Waals surface area contributed by atoms with Gasteiger partial charge in [-0.15, -0.1) is 0 Å². The summed E-state index contributed by atoms with van der Waals surface area (Å²) in [6, 6.07) is 19.2. The normalized spacial score (nSPS) is 23.2. The lowest BCUT2D eigenvalue weighted by atomic mass is 9.79. The number of nitrogens with one attached hydrogen (secondary N) is 1. The van der Waals surface area contributed by atoms with Gasteiger partial charge in [0.15, 0.2) is 17.0 Å². The minimum absolute atomic E-state index is 0.319. The van der Waals surface area contributed by atoms with E-state index in [9.17, 15) is 14.9 Å². The van der Waals surface area contributed by atoms with Crippen LogP contribution in [0.25, 0.3) is 0 Å². The minimum Gasteiger partial charge on any atom is -0.493 e. The Morgan fingerprint density at radius 3 is 2.60 bits per heavy atom. The summed E-state index contributed by atoms with van der Waals surface area (Å²) in [5.41, 5.74) is 1.59. The monoisotopic (exact) mass is 537 g/mol. The van der Waals surface area contributed by atoms with Crippen LogP contribution in [0.4, 0.5) is 5.69 Å². The van der Waals surface area contributed by atoms with Gasteiger partial charge >= 0.3 is 0 Å². The first-order chi connectivity index (χ1) is 16.9. The van der Waals surface area contributed by atoms with Gasteiger partial charge in [-0.05, 0) is 48.5 Å². The molecule has 2 aliphatic heterocycles. The van der Waals surface area contributed by atoms with E-state index in [-0.39, 0.29) is 10.8 Å². The molecule has 1 amide bonds. The molecule has 8 nitrogen and oxygen atoms in total. The third-order valence-electron chi connectivity index (χ3n) is 6.96. The maximum Gasteiger partial charge on any atom is 0.256 e. The molecule has 9 heteroatoms. The van der Waals surface area contributed by atoms with E-state index in [4.69, 9.17) is 9.47 Å². The molecule has 1 spiro atoms. The van der Waals surface area contributed by atoms with Gasteiger partial charge in [-0.2, -0.15) is 0 Å². The predicted octanol–water partition coefficient (Wildman–Crippen LogP) is 4.56. The lowest BCUT2D eigenvalue weighted by Crippen LogP contribution is -2.54. The second-order valence-corrected chi connectivity index (χ2v) is 9.72. The van der Waals surface area contributed by atoms with Crippen LogP contribution in [-0.2, 0) is 16.9 Å². The average Bonchev–Trinajstić information content (AvgIpc) is 3.33. The van der Waals surface area contributed by atoms with Crippen molar-refractivity contribution in [1.29, 1.82) is 0 Å². The number of likely N-dealkylation sites (N-methyl/N-ethyl adjacent to an activating group) is 1. The molecule has 2 aliphatic rings. The molecule has 0 aromatic heterocycles. The number of methoxy groups -OCH3 is 1. The highest BCUT2D eigenvalue weighted by molar-refractivity contribution is 9.10. The second-order valence-electron chi connectivity index (χ2n) is 8.81. The first-order valence-electron chi connectivity index (χ1n) is 11.2. The molecule has 35 heavy (non-hydrogen) atoms. The van der Waals surface area contributed by atoms with Crippen LogP contribution < -0.4 is 14.8 Å². The van der Waals surface area contributed by atoms with E-state index in [1.165, 1.54) is 0 Å². The van der Waals surface area contributed by atoms with Crippen LogP contribution in [-0.4, -0.2) is 42.5 Å². The minimum atomic E-state index is -1.38. The summed E-state index contributed by atoms with van der Waals surface area (Å²) >= 11 is 3.42. The molecule has 3 aromatic rings. The zero-order chi connectivity index (χ0) is 24.7. The molecule has 0 radical (unpaired) electrons. The number of hydrogen-bond acceptors (Lipinski definition) is 6. The van der Waals surface area contributed by atoms with Crippen LogP contribution >= 0.6 is 15.9 Å². The number of carbonyl (C=O) groups excluding carboxylic acids is 1. The predicted molar refractivity (Wildman–Crippen MR) is 134 cm³/mol.